The first-order chi connectivity index (χ1) is 8.26. The first-order valence-electron chi connectivity index (χ1n) is 6.88. The molecule has 0 radical (unpaired) electrons. The zero-order valence-electron chi connectivity index (χ0n) is 10.6. The number of amides is 1. The Bertz CT molecular complexity index is 256. The number of hydrogen-bond donors (Lipinski definition) is 1. The Hall–Kier alpha value is -0.610. The van der Waals surface area contributed by atoms with Crippen LogP contribution in [0, 0.1) is 0 Å². The zero-order valence-corrected chi connectivity index (χ0v) is 10.6. The third kappa shape index (κ3) is 3.19. The van der Waals surface area contributed by atoms with Crippen LogP contribution in [0.1, 0.15) is 44.9 Å². The number of piperidine rings is 1. The number of likely N-dealkylation sites (tertiary alicyclic amines) is 1. The molecule has 1 saturated carbocycles. The van der Waals surface area contributed by atoms with Gasteiger partial charge in [0, 0.05) is 19.6 Å². The van der Waals surface area contributed by atoms with Gasteiger partial charge in [0.25, 0.3) is 0 Å². The van der Waals surface area contributed by atoms with Crippen LogP contribution in [0.25, 0.3) is 0 Å². The molecule has 1 heterocycles. The number of ether oxygens (including phenoxy) is 1. The summed E-state index contributed by atoms with van der Waals surface area (Å²) in [5.74, 6) is 0.143. The SMILES string of the molecule is NCC1(OCC(=O)N2CCCCC2)CCCC1. The topological polar surface area (TPSA) is 55.6 Å². The van der Waals surface area contributed by atoms with Crippen molar-refractivity contribution >= 4 is 5.91 Å². The van der Waals surface area contributed by atoms with Crippen molar-refractivity contribution in [3.05, 3.63) is 0 Å². The maximum Gasteiger partial charge on any atom is 0.248 e. The van der Waals surface area contributed by atoms with E-state index >= 15 is 0 Å². The number of rotatable bonds is 4. The van der Waals surface area contributed by atoms with E-state index in [4.69, 9.17) is 10.5 Å². The summed E-state index contributed by atoms with van der Waals surface area (Å²) in [5.41, 5.74) is 5.58. The number of carbonyl (C=O) groups excluding carboxylic acids is 1. The van der Waals surface area contributed by atoms with Gasteiger partial charge in [0.2, 0.25) is 5.91 Å². The molecule has 1 aliphatic carbocycles. The van der Waals surface area contributed by atoms with E-state index in [0.29, 0.717) is 6.54 Å². The maximum absolute atomic E-state index is 12.0. The van der Waals surface area contributed by atoms with Gasteiger partial charge in [0.1, 0.15) is 6.61 Å². The maximum atomic E-state index is 12.0. The third-order valence-corrected chi connectivity index (χ3v) is 4.10. The van der Waals surface area contributed by atoms with Crippen LogP contribution in [0.3, 0.4) is 0 Å². The summed E-state index contributed by atoms with van der Waals surface area (Å²) >= 11 is 0. The van der Waals surface area contributed by atoms with Gasteiger partial charge in [0.15, 0.2) is 0 Å². The molecule has 0 aromatic heterocycles. The van der Waals surface area contributed by atoms with E-state index in [1.807, 2.05) is 4.90 Å². The summed E-state index contributed by atoms with van der Waals surface area (Å²) in [6.45, 7) is 2.56. The molecule has 0 aromatic carbocycles. The van der Waals surface area contributed by atoms with Gasteiger partial charge in [0.05, 0.1) is 5.60 Å². The van der Waals surface area contributed by atoms with Gasteiger partial charge in [-0.2, -0.15) is 0 Å². The van der Waals surface area contributed by atoms with Gasteiger partial charge in [-0.15, -0.1) is 0 Å². The van der Waals surface area contributed by atoms with Crippen LogP contribution < -0.4 is 5.73 Å². The summed E-state index contributed by atoms with van der Waals surface area (Å²) in [7, 11) is 0. The van der Waals surface area contributed by atoms with Crippen molar-refractivity contribution in [1.82, 2.24) is 4.90 Å². The highest BCUT2D eigenvalue weighted by molar-refractivity contribution is 5.77. The fraction of sp³-hybridized carbons (Fsp3) is 0.923. The number of hydrogen-bond acceptors (Lipinski definition) is 3. The average molecular weight is 240 g/mol. The van der Waals surface area contributed by atoms with Crippen molar-refractivity contribution < 1.29 is 9.53 Å². The molecule has 2 rings (SSSR count). The predicted octanol–water partition coefficient (Wildman–Crippen LogP) is 1.29. The highest BCUT2D eigenvalue weighted by atomic mass is 16.5. The van der Waals surface area contributed by atoms with E-state index in [1.165, 1.54) is 19.3 Å². The first kappa shape index (κ1) is 12.8. The van der Waals surface area contributed by atoms with Crippen LogP contribution in [-0.4, -0.2) is 42.6 Å². The van der Waals surface area contributed by atoms with Crippen LogP contribution in [0.5, 0.6) is 0 Å². The Morgan fingerprint density at radius 3 is 2.35 bits per heavy atom. The molecule has 2 N–H and O–H groups in total. The summed E-state index contributed by atoms with van der Waals surface area (Å²) in [5, 5.41) is 0. The molecule has 0 spiro atoms. The summed E-state index contributed by atoms with van der Waals surface area (Å²) in [6.07, 6.45) is 7.89. The first-order valence-corrected chi connectivity index (χ1v) is 6.88. The van der Waals surface area contributed by atoms with Gasteiger partial charge in [-0.3, -0.25) is 4.79 Å². The van der Waals surface area contributed by atoms with Gasteiger partial charge in [-0.1, -0.05) is 12.8 Å². The van der Waals surface area contributed by atoms with E-state index in [9.17, 15) is 4.79 Å². The lowest BCUT2D eigenvalue weighted by Crippen LogP contribution is -2.43. The van der Waals surface area contributed by atoms with Crippen LogP contribution in [0.4, 0.5) is 0 Å². The molecule has 17 heavy (non-hydrogen) atoms. The quantitative estimate of drug-likeness (QED) is 0.805. The molecule has 1 saturated heterocycles. The van der Waals surface area contributed by atoms with Crippen molar-refractivity contribution in [2.75, 3.05) is 26.2 Å². The van der Waals surface area contributed by atoms with E-state index < -0.39 is 0 Å². The molecular weight excluding hydrogens is 216 g/mol. The lowest BCUT2D eigenvalue weighted by Gasteiger charge is -2.31. The Balaban J connectivity index is 1.78. The van der Waals surface area contributed by atoms with Gasteiger partial charge in [-0.05, 0) is 32.1 Å². The van der Waals surface area contributed by atoms with Crippen LogP contribution in [0.2, 0.25) is 0 Å². The fourth-order valence-electron chi connectivity index (χ4n) is 2.88. The van der Waals surface area contributed by atoms with Gasteiger partial charge < -0.3 is 15.4 Å². The molecule has 2 aliphatic rings. The third-order valence-electron chi connectivity index (χ3n) is 4.10. The Labute approximate surface area is 103 Å². The van der Waals surface area contributed by atoms with E-state index in [-0.39, 0.29) is 18.1 Å². The molecule has 98 valence electrons. The lowest BCUT2D eigenvalue weighted by atomic mass is 10.0. The predicted molar refractivity (Wildman–Crippen MR) is 66.6 cm³/mol. The molecule has 0 aromatic rings. The Kier molecular flexibility index (Phi) is 4.40. The highest BCUT2D eigenvalue weighted by Crippen LogP contribution is 2.32. The zero-order chi connectivity index (χ0) is 12.1. The lowest BCUT2D eigenvalue weighted by molar-refractivity contribution is -0.143. The minimum Gasteiger partial charge on any atom is -0.364 e. The number of carbonyl (C=O) groups is 1. The van der Waals surface area contributed by atoms with E-state index in [0.717, 1.165) is 38.8 Å². The Morgan fingerprint density at radius 2 is 1.76 bits per heavy atom. The second-order valence-electron chi connectivity index (χ2n) is 5.32. The largest absolute Gasteiger partial charge is 0.364 e. The molecule has 2 fully saturated rings. The smallest absolute Gasteiger partial charge is 0.248 e. The minimum atomic E-state index is -0.203. The van der Waals surface area contributed by atoms with E-state index in [1.54, 1.807) is 0 Å². The number of nitrogens with two attached hydrogens (primary N) is 1. The summed E-state index contributed by atoms with van der Waals surface area (Å²) in [4.78, 5) is 13.9. The second kappa shape index (κ2) is 5.83. The van der Waals surface area contributed by atoms with Gasteiger partial charge >= 0.3 is 0 Å². The molecule has 0 unspecified atom stereocenters. The number of nitrogens with zero attached hydrogens (tertiary/aromatic N) is 1. The molecule has 1 aliphatic heterocycles. The van der Waals surface area contributed by atoms with Crippen LogP contribution in [-0.2, 0) is 9.53 Å². The summed E-state index contributed by atoms with van der Waals surface area (Å²) in [6, 6.07) is 0. The van der Waals surface area contributed by atoms with Crippen molar-refractivity contribution in [2.24, 2.45) is 5.73 Å². The molecule has 4 nitrogen and oxygen atoms in total. The van der Waals surface area contributed by atoms with Crippen molar-refractivity contribution in [1.29, 1.82) is 0 Å². The standard InChI is InChI=1S/C13H24N2O2/c14-11-13(6-2-3-7-13)17-10-12(16)15-8-4-1-5-9-15/h1-11,14H2. The average Bonchev–Trinajstić information content (AvgIpc) is 2.86. The Morgan fingerprint density at radius 1 is 1.12 bits per heavy atom. The van der Waals surface area contributed by atoms with Crippen LogP contribution in [0.15, 0.2) is 0 Å². The molecule has 1 amide bonds. The molecule has 0 atom stereocenters. The normalized spacial score (nSPS) is 23.9. The highest BCUT2D eigenvalue weighted by Gasteiger charge is 2.34. The minimum absolute atomic E-state index is 0.143. The van der Waals surface area contributed by atoms with Gasteiger partial charge in [-0.25, -0.2) is 0 Å². The van der Waals surface area contributed by atoms with Crippen molar-refractivity contribution in [3.63, 3.8) is 0 Å². The van der Waals surface area contributed by atoms with E-state index in [2.05, 4.69) is 0 Å². The second-order valence-corrected chi connectivity index (χ2v) is 5.32. The summed E-state index contributed by atoms with van der Waals surface area (Å²) < 4.78 is 5.84. The van der Waals surface area contributed by atoms with Crippen LogP contribution >= 0.6 is 0 Å². The van der Waals surface area contributed by atoms with Crippen molar-refractivity contribution in [3.8, 4) is 0 Å². The molecular formula is C13H24N2O2. The molecule has 0 bridgehead atoms. The van der Waals surface area contributed by atoms with Crippen molar-refractivity contribution in [2.45, 2.75) is 50.5 Å². The fourth-order valence-corrected chi connectivity index (χ4v) is 2.88. The monoisotopic (exact) mass is 240 g/mol. The molecule has 4 heteroatoms.